The Balaban J connectivity index is 1.78. The summed E-state index contributed by atoms with van der Waals surface area (Å²) in [5.74, 6) is 0. The Morgan fingerprint density at radius 2 is 1.89 bits per heavy atom. The van der Waals surface area contributed by atoms with E-state index in [-0.39, 0.29) is 6.29 Å². The molecule has 0 N–H and O–H groups in total. The molecule has 1 fully saturated rings. The minimum absolute atomic E-state index is 0.0884. The predicted molar refractivity (Wildman–Crippen MR) is 81.2 cm³/mol. The lowest BCUT2D eigenvalue weighted by atomic mass is 10.1. The summed E-state index contributed by atoms with van der Waals surface area (Å²) in [7, 11) is 0. The van der Waals surface area contributed by atoms with Crippen molar-refractivity contribution in [2.45, 2.75) is 71.0 Å². The highest BCUT2D eigenvalue weighted by Crippen LogP contribution is 2.14. The van der Waals surface area contributed by atoms with Crippen molar-refractivity contribution in [1.29, 1.82) is 0 Å². The van der Waals surface area contributed by atoms with Gasteiger partial charge in [-0.05, 0) is 45.4 Å². The van der Waals surface area contributed by atoms with E-state index >= 15 is 0 Å². The molecule has 0 aromatic heterocycles. The van der Waals surface area contributed by atoms with Gasteiger partial charge in [-0.2, -0.15) is 0 Å². The lowest BCUT2D eigenvalue weighted by Gasteiger charge is -2.22. The third kappa shape index (κ3) is 9.92. The molecule has 1 aliphatic heterocycles. The molecule has 1 atom stereocenters. The molecule has 0 bridgehead atoms. The average molecular weight is 266 g/mol. The smallest absolute Gasteiger partial charge is 0.157 e. The lowest BCUT2D eigenvalue weighted by molar-refractivity contribution is -0.162. The van der Waals surface area contributed by atoms with Gasteiger partial charge in [-0.1, -0.05) is 43.6 Å². The van der Waals surface area contributed by atoms with Gasteiger partial charge in [0, 0.05) is 13.2 Å². The molecule has 0 aromatic carbocycles. The summed E-state index contributed by atoms with van der Waals surface area (Å²) in [6.07, 6.45) is 19.8. The van der Waals surface area contributed by atoms with Gasteiger partial charge in [0.25, 0.3) is 0 Å². The highest BCUT2D eigenvalue weighted by molar-refractivity contribution is 5.00. The van der Waals surface area contributed by atoms with E-state index in [1.807, 2.05) is 6.92 Å². The van der Waals surface area contributed by atoms with E-state index in [1.54, 1.807) is 0 Å². The van der Waals surface area contributed by atoms with Crippen LogP contribution in [0.2, 0.25) is 0 Å². The number of ether oxygens (including phenoxy) is 2. The topological polar surface area (TPSA) is 18.5 Å². The van der Waals surface area contributed by atoms with Gasteiger partial charge in [0.1, 0.15) is 0 Å². The molecule has 0 aliphatic carbocycles. The number of hydrogen-bond acceptors (Lipinski definition) is 2. The Kier molecular flexibility index (Phi) is 10.8. The summed E-state index contributed by atoms with van der Waals surface area (Å²) in [5.41, 5.74) is 0. The van der Waals surface area contributed by atoms with Crippen LogP contribution < -0.4 is 0 Å². The molecule has 0 aromatic rings. The van der Waals surface area contributed by atoms with Gasteiger partial charge in [0.05, 0.1) is 0 Å². The maximum atomic E-state index is 5.71. The molecule has 110 valence electrons. The van der Waals surface area contributed by atoms with E-state index in [4.69, 9.17) is 9.47 Å². The molecule has 0 amide bonds. The Hall–Kier alpha value is -0.600. The van der Waals surface area contributed by atoms with E-state index in [0.29, 0.717) is 0 Å². The molecule has 0 spiro atoms. The van der Waals surface area contributed by atoms with Crippen molar-refractivity contribution in [1.82, 2.24) is 0 Å². The van der Waals surface area contributed by atoms with Gasteiger partial charge in [0.2, 0.25) is 0 Å². The number of allylic oxidation sites excluding steroid dienone is 4. The van der Waals surface area contributed by atoms with Crippen LogP contribution in [0.4, 0.5) is 0 Å². The first kappa shape index (κ1) is 16.5. The van der Waals surface area contributed by atoms with Crippen LogP contribution in [0.15, 0.2) is 24.3 Å². The summed E-state index contributed by atoms with van der Waals surface area (Å²) in [5, 5.41) is 0. The average Bonchev–Trinajstić information content (AvgIpc) is 2.46. The molecule has 0 radical (unpaired) electrons. The minimum atomic E-state index is 0.0884. The Labute approximate surface area is 118 Å². The van der Waals surface area contributed by atoms with Gasteiger partial charge < -0.3 is 9.47 Å². The fourth-order valence-electron chi connectivity index (χ4n) is 2.24. The van der Waals surface area contributed by atoms with Crippen LogP contribution >= 0.6 is 0 Å². The molecular formula is C17H30O2. The number of hydrogen-bond donors (Lipinski definition) is 0. The third-order valence-electron chi connectivity index (χ3n) is 3.40. The quantitative estimate of drug-likeness (QED) is 0.409. The maximum absolute atomic E-state index is 5.71. The maximum Gasteiger partial charge on any atom is 0.157 e. The Morgan fingerprint density at radius 3 is 2.68 bits per heavy atom. The molecule has 2 nitrogen and oxygen atoms in total. The van der Waals surface area contributed by atoms with E-state index in [0.717, 1.165) is 19.6 Å². The largest absolute Gasteiger partial charge is 0.353 e. The van der Waals surface area contributed by atoms with Gasteiger partial charge >= 0.3 is 0 Å². The van der Waals surface area contributed by atoms with Crippen LogP contribution in [0.5, 0.6) is 0 Å². The molecule has 2 heteroatoms. The van der Waals surface area contributed by atoms with Gasteiger partial charge in [0.15, 0.2) is 6.29 Å². The second-order valence-corrected chi connectivity index (χ2v) is 5.18. The Bertz CT molecular complexity index is 240. The molecule has 0 saturated carbocycles. The summed E-state index contributed by atoms with van der Waals surface area (Å²) >= 11 is 0. The second kappa shape index (κ2) is 12.4. The molecule has 1 rings (SSSR count). The number of unbranched alkanes of at least 4 members (excludes halogenated alkanes) is 5. The van der Waals surface area contributed by atoms with Crippen molar-refractivity contribution < 1.29 is 9.47 Å². The lowest BCUT2D eigenvalue weighted by Crippen LogP contribution is -2.22. The highest BCUT2D eigenvalue weighted by atomic mass is 16.7. The van der Waals surface area contributed by atoms with Gasteiger partial charge in [-0.25, -0.2) is 0 Å². The summed E-state index contributed by atoms with van der Waals surface area (Å²) in [6.45, 7) is 3.79. The van der Waals surface area contributed by atoms with Crippen LogP contribution in [0.25, 0.3) is 0 Å². The van der Waals surface area contributed by atoms with Gasteiger partial charge in [-0.3, -0.25) is 0 Å². The zero-order valence-corrected chi connectivity index (χ0v) is 12.5. The van der Waals surface area contributed by atoms with E-state index < -0.39 is 0 Å². The molecular weight excluding hydrogens is 236 g/mol. The normalized spacial score (nSPS) is 20.6. The van der Waals surface area contributed by atoms with Crippen molar-refractivity contribution in [3.63, 3.8) is 0 Å². The standard InChI is InChI=1S/C17H30O2/c1-2-3-4-5-6-7-8-9-10-12-15-18-17-14-11-13-16-19-17/h2-5,17H,6-16H2,1H3/b3-2-,5-4-. The monoisotopic (exact) mass is 266 g/mol. The van der Waals surface area contributed by atoms with E-state index in [2.05, 4.69) is 24.3 Å². The fourth-order valence-corrected chi connectivity index (χ4v) is 2.24. The van der Waals surface area contributed by atoms with Crippen LogP contribution in [-0.4, -0.2) is 19.5 Å². The van der Waals surface area contributed by atoms with Crippen molar-refractivity contribution in [3.05, 3.63) is 24.3 Å². The summed E-state index contributed by atoms with van der Waals surface area (Å²) in [4.78, 5) is 0. The van der Waals surface area contributed by atoms with Crippen molar-refractivity contribution in [2.24, 2.45) is 0 Å². The first-order chi connectivity index (χ1) is 9.43. The first-order valence-corrected chi connectivity index (χ1v) is 7.94. The van der Waals surface area contributed by atoms with E-state index in [9.17, 15) is 0 Å². The van der Waals surface area contributed by atoms with Crippen LogP contribution in [0.1, 0.15) is 64.7 Å². The van der Waals surface area contributed by atoms with Crippen LogP contribution in [0, 0.1) is 0 Å². The molecule has 1 aliphatic rings. The third-order valence-corrected chi connectivity index (χ3v) is 3.40. The van der Waals surface area contributed by atoms with Crippen LogP contribution in [0.3, 0.4) is 0 Å². The summed E-state index contributed by atoms with van der Waals surface area (Å²) < 4.78 is 11.2. The SMILES string of the molecule is C/C=C\C=C/CCCCCCCOC1CCCCO1. The number of rotatable bonds is 10. The van der Waals surface area contributed by atoms with Crippen LogP contribution in [-0.2, 0) is 9.47 Å². The summed E-state index contributed by atoms with van der Waals surface area (Å²) in [6, 6.07) is 0. The molecule has 1 saturated heterocycles. The van der Waals surface area contributed by atoms with Crippen molar-refractivity contribution in [3.8, 4) is 0 Å². The Morgan fingerprint density at radius 1 is 1.05 bits per heavy atom. The zero-order valence-electron chi connectivity index (χ0n) is 12.5. The second-order valence-electron chi connectivity index (χ2n) is 5.18. The molecule has 1 unspecified atom stereocenters. The molecule has 1 heterocycles. The van der Waals surface area contributed by atoms with Crippen molar-refractivity contribution in [2.75, 3.05) is 13.2 Å². The van der Waals surface area contributed by atoms with E-state index in [1.165, 1.54) is 51.4 Å². The fraction of sp³-hybridized carbons (Fsp3) is 0.765. The minimum Gasteiger partial charge on any atom is -0.353 e. The molecule has 19 heavy (non-hydrogen) atoms. The predicted octanol–water partition coefficient (Wildman–Crippen LogP) is 5.00. The van der Waals surface area contributed by atoms with Crippen molar-refractivity contribution >= 4 is 0 Å². The highest BCUT2D eigenvalue weighted by Gasteiger charge is 2.12. The zero-order chi connectivity index (χ0) is 13.6. The first-order valence-electron chi connectivity index (χ1n) is 7.94. The van der Waals surface area contributed by atoms with Gasteiger partial charge in [-0.15, -0.1) is 0 Å².